The summed E-state index contributed by atoms with van der Waals surface area (Å²) in [6, 6.07) is 4.87. The van der Waals surface area contributed by atoms with Crippen LogP contribution in [0.15, 0.2) is 27.6 Å². The zero-order chi connectivity index (χ0) is 13.4. The topological polar surface area (TPSA) is 72.2 Å². The lowest BCUT2D eigenvalue weighted by atomic mass is 9.76. The molecule has 0 aromatic heterocycles. The van der Waals surface area contributed by atoms with Crippen LogP contribution in [-0.2, 0) is 10.0 Å². The summed E-state index contributed by atoms with van der Waals surface area (Å²) in [5.41, 5.74) is 5.76. The molecule has 1 aromatic carbocycles. The number of sulfonamides is 1. The van der Waals surface area contributed by atoms with Crippen LogP contribution in [0.3, 0.4) is 0 Å². The summed E-state index contributed by atoms with van der Waals surface area (Å²) < 4.78 is 28.2. The number of nitrogens with one attached hydrogen (secondary N) is 1. The Morgan fingerprint density at radius 1 is 1.44 bits per heavy atom. The molecule has 0 saturated heterocycles. The fraction of sp³-hybridized carbons (Fsp3) is 0.500. The molecule has 1 aliphatic carbocycles. The SMILES string of the molecule is CCC1(NS(=O)(=O)c2cc(Br)ccc2N)CCC1. The van der Waals surface area contributed by atoms with Gasteiger partial charge in [-0.15, -0.1) is 0 Å². The van der Waals surface area contributed by atoms with Crippen molar-refractivity contribution in [1.29, 1.82) is 0 Å². The molecule has 4 nitrogen and oxygen atoms in total. The molecule has 0 unspecified atom stereocenters. The smallest absolute Gasteiger partial charge is 0.243 e. The van der Waals surface area contributed by atoms with Gasteiger partial charge in [0.05, 0.1) is 5.69 Å². The van der Waals surface area contributed by atoms with Gasteiger partial charge in [-0.25, -0.2) is 13.1 Å². The maximum Gasteiger partial charge on any atom is 0.243 e. The van der Waals surface area contributed by atoms with E-state index >= 15 is 0 Å². The van der Waals surface area contributed by atoms with Gasteiger partial charge in [0.25, 0.3) is 0 Å². The van der Waals surface area contributed by atoms with E-state index in [1.807, 2.05) is 6.92 Å². The van der Waals surface area contributed by atoms with Crippen molar-refractivity contribution < 1.29 is 8.42 Å². The summed E-state index contributed by atoms with van der Waals surface area (Å²) in [6.45, 7) is 2.01. The second-order valence-electron chi connectivity index (χ2n) is 4.78. The zero-order valence-electron chi connectivity index (χ0n) is 10.2. The minimum absolute atomic E-state index is 0.150. The van der Waals surface area contributed by atoms with E-state index in [2.05, 4.69) is 20.7 Å². The summed E-state index contributed by atoms with van der Waals surface area (Å²) in [4.78, 5) is 0.150. The molecule has 0 aliphatic heterocycles. The first kappa shape index (κ1) is 13.8. The van der Waals surface area contributed by atoms with Gasteiger partial charge in [0.2, 0.25) is 10.0 Å². The summed E-state index contributed by atoms with van der Waals surface area (Å²) in [5.74, 6) is 0. The maximum atomic E-state index is 12.4. The van der Waals surface area contributed by atoms with Crippen LogP contribution in [0.1, 0.15) is 32.6 Å². The van der Waals surface area contributed by atoms with Crippen molar-refractivity contribution in [3.8, 4) is 0 Å². The standard InChI is InChI=1S/C12H17BrN2O2S/c1-2-12(6-3-7-12)15-18(16,17)11-8-9(13)4-5-10(11)14/h4-5,8,15H,2-3,6-7,14H2,1H3. The second-order valence-corrected chi connectivity index (χ2v) is 7.34. The van der Waals surface area contributed by atoms with Gasteiger partial charge in [0, 0.05) is 10.0 Å². The summed E-state index contributed by atoms with van der Waals surface area (Å²) in [5, 5.41) is 0. The predicted octanol–water partition coefficient (Wildman–Crippen LogP) is 2.64. The van der Waals surface area contributed by atoms with E-state index in [9.17, 15) is 8.42 Å². The molecule has 1 aromatic rings. The number of halogens is 1. The molecule has 1 aliphatic rings. The van der Waals surface area contributed by atoms with E-state index < -0.39 is 10.0 Å². The van der Waals surface area contributed by atoms with Gasteiger partial charge >= 0.3 is 0 Å². The maximum absolute atomic E-state index is 12.4. The molecule has 3 N–H and O–H groups in total. The van der Waals surface area contributed by atoms with Crippen LogP contribution in [0, 0.1) is 0 Å². The minimum Gasteiger partial charge on any atom is -0.398 e. The number of hydrogen-bond acceptors (Lipinski definition) is 3. The van der Waals surface area contributed by atoms with Crippen molar-refractivity contribution in [2.75, 3.05) is 5.73 Å². The average molecular weight is 333 g/mol. The molecule has 0 radical (unpaired) electrons. The first-order chi connectivity index (χ1) is 8.38. The van der Waals surface area contributed by atoms with Crippen LogP contribution < -0.4 is 10.5 Å². The van der Waals surface area contributed by atoms with E-state index in [4.69, 9.17) is 5.73 Å². The molecule has 18 heavy (non-hydrogen) atoms. The van der Waals surface area contributed by atoms with Crippen LogP contribution in [0.25, 0.3) is 0 Å². The molecule has 0 bridgehead atoms. The molecule has 0 atom stereocenters. The lowest BCUT2D eigenvalue weighted by molar-refractivity contribution is 0.214. The highest BCUT2D eigenvalue weighted by molar-refractivity contribution is 9.10. The van der Waals surface area contributed by atoms with Crippen molar-refractivity contribution in [3.63, 3.8) is 0 Å². The van der Waals surface area contributed by atoms with Gasteiger partial charge in [0.15, 0.2) is 0 Å². The van der Waals surface area contributed by atoms with Gasteiger partial charge in [0.1, 0.15) is 4.90 Å². The molecule has 2 rings (SSSR count). The molecule has 0 amide bonds. The van der Waals surface area contributed by atoms with Crippen LogP contribution in [0.2, 0.25) is 0 Å². The van der Waals surface area contributed by atoms with Crippen LogP contribution in [-0.4, -0.2) is 14.0 Å². The largest absolute Gasteiger partial charge is 0.398 e. The molecule has 0 spiro atoms. The first-order valence-electron chi connectivity index (χ1n) is 5.98. The third-order valence-corrected chi connectivity index (χ3v) is 5.73. The molecule has 0 heterocycles. The molecule has 100 valence electrons. The predicted molar refractivity (Wildman–Crippen MR) is 75.7 cm³/mol. The van der Waals surface area contributed by atoms with Gasteiger partial charge in [-0.2, -0.15) is 0 Å². The van der Waals surface area contributed by atoms with E-state index in [1.54, 1.807) is 18.2 Å². The first-order valence-corrected chi connectivity index (χ1v) is 8.25. The summed E-state index contributed by atoms with van der Waals surface area (Å²) in [7, 11) is -3.55. The van der Waals surface area contributed by atoms with E-state index in [0.717, 1.165) is 25.7 Å². The van der Waals surface area contributed by atoms with Crippen molar-refractivity contribution in [2.45, 2.75) is 43.0 Å². The number of nitrogen functional groups attached to an aromatic ring is 1. The summed E-state index contributed by atoms with van der Waals surface area (Å²) >= 11 is 3.27. The number of benzene rings is 1. The highest BCUT2D eigenvalue weighted by Crippen LogP contribution is 2.36. The Hall–Kier alpha value is -0.590. The number of rotatable bonds is 4. The number of hydrogen-bond donors (Lipinski definition) is 2. The van der Waals surface area contributed by atoms with E-state index in [1.165, 1.54) is 0 Å². The van der Waals surface area contributed by atoms with Crippen molar-refractivity contribution in [2.24, 2.45) is 0 Å². The Kier molecular flexibility index (Phi) is 3.71. The van der Waals surface area contributed by atoms with Crippen molar-refractivity contribution in [3.05, 3.63) is 22.7 Å². The Balaban J connectivity index is 2.33. The van der Waals surface area contributed by atoms with Crippen LogP contribution >= 0.6 is 15.9 Å². The zero-order valence-corrected chi connectivity index (χ0v) is 12.6. The van der Waals surface area contributed by atoms with E-state index in [0.29, 0.717) is 4.47 Å². The summed E-state index contributed by atoms with van der Waals surface area (Å²) in [6.07, 6.45) is 3.68. The minimum atomic E-state index is -3.55. The third kappa shape index (κ3) is 2.55. The quantitative estimate of drug-likeness (QED) is 0.832. The molecule has 6 heteroatoms. The monoisotopic (exact) mass is 332 g/mol. The molecular formula is C12H17BrN2O2S. The second kappa shape index (κ2) is 4.83. The van der Waals surface area contributed by atoms with Crippen LogP contribution in [0.5, 0.6) is 0 Å². The Morgan fingerprint density at radius 3 is 2.61 bits per heavy atom. The van der Waals surface area contributed by atoms with Crippen molar-refractivity contribution in [1.82, 2.24) is 4.72 Å². The average Bonchev–Trinajstić information content (AvgIpc) is 2.27. The Morgan fingerprint density at radius 2 is 2.11 bits per heavy atom. The lowest BCUT2D eigenvalue weighted by Crippen LogP contribution is -2.52. The van der Waals surface area contributed by atoms with Gasteiger partial charge in [-0.3, -0.25) is 0 Å². The lowest BCUT2D eigenvalue weighted by Gasteiger charge is -2.41. The fourth-order valence-corrected chi connectivity index (χ4v) is 4.41. The highest BCUT2D eigenvalue weighted by atomic mass is 79.9. The Bertz CT molecular complexity index is 548. The van der Waals surface area contributed by atoms with Crippen molar-refractivity contribution >= 4 is 31.6 Å². The van der Waals surface area contributed by atoms with Gasteiger partial charge in [-0.1, -0.05) is 22.9 Å². The van der Waals surface area contributed by atoms with Crippen LogP contribution in [0.4, 0.5) is 5.69 Å². The number of anilines is 1. The van der Waals surface area contributed by atoms with Gasteiger partial charge in [-0.05, 0) is 43.9 Å². The molecule has 1 fully saturated rings. The van der Waals surface area contributed by atoms with Gasteiger partial charge < -0.3 is 5.73 Å². The highest BCUT2D eigenvalue weighted by Gasteiger charge is 2.39. The third-order valence-electron chi connectivity index (χ3n) is 3.60. The normalized spacial score (nSPS) is 18.3. The fourth-order valence-electron chi connectivity index (χ4n) is 2.21. The molecule has 1 saturated carbocycles. The molecular weight excluding hydrogens is 316 g/mol. The van der Waals surface area contributed by atoms with E-state index in [-0.39, 0.29) is 16.1 Å². The number of nitrogens with two attached hydrogens (primary N) is 1. The Labute approximate surface area is 116 Å².